The lowest BCUT2D eigenvalue weighted by Crippen LogP contribution is -2.49. The Morgan fingerprint density at radius 1 is 0.962 bits per heavy atom. The van der Waals surface area contributed by atoms with Crippen molar-refractivity contribution in [3.8, 4) is 11.4 Å². The molecule has 3 nitrogen and oxygen atoms in total. The molecule has 136 valence electrons. The molecule has 4 bridgehead atoms. The van der Waals surface area contributed by atoms with Gasteiger partial charge in [0.05, 0.1) is 22.6 Å². The average molecular weight is 348 g/mol. The first-order chi connectivity index (χ1) is 12.8. The molecule has 0 aliphatic heterocycles. The summed E-state index contributed by atoms with van der Waals surface area (Å²) in [6.07, 6.45) is 17.8. The first-order valence-corrected chi connectivity index (χ1v) is 10.7. The number of hydrogen-bond acceptors (Lipinski definition) is 1. The summed E-state index contributed by atoms with van der Waals surface area (Å²) in [6.45, 7) is 0. The molecule has 5 aliphatic carbocycles. The summed E-state index contributed by atoms with van der Waals surface area (Å²) in [7, 11) is 0. The minimum Gasteiger partial charge on any atom is -0.360 e. The fourth-order valence-electron chi connectivity index (χ4n) is 7.01. The van der Waals surface area contributed by atoms with Crippen molar-refractivity contribution in [1.29, 1.82) is 0 Å². The van der Waals surface area contributed by atoms with Gasteiger partial charge in [0.15, 0.2) is 0 Å². The van der Waals surface area contributed by atoms with Gasteiger partial charge in [-0.15, -0.1) is 0 Å². The van der Waals surface area contributed by atoms with Gasteiger partial charge in [0.2, 0.25) is 0 Å². The Bertz CT molecular complexity index is 804. The van der Waals surface area contributed by atoms with Crippen LogP contribution in [0.3, 0.4) is 0 Å². The second-order valence-corrected chi connectivity index (χ2v) is 9.56. The van der Waals surface area contributed by atoms with Crippen LogP contribution in [0.1, 0.15) is 68.2 Å². The van der Waals surface area contributed by atoms with Gasteiger partial charge in [-0.05, 0) is 105 Å². The highest BCUT2D eigenvalue weighted by Gasteiger charge is 2.50. The van der Waals surface area contributed by atoms with Crippen LogP contribution in [0.4, 0.5) is 0 Å². The highest BCUT2D eigenvalue weighted by molar-refractivity contribution is 5.84. The number of aromatic amines is 2. The standard InChI is InChI=1S/C23H29N3/c1-2-5-19-18(4-1)21(26-22(19)20-6-3-7-24-20)14-25-23-11-15-8-16(12-23)10-17(9-15)13-23/h3,6-7,14-17,24,26H,1-2,4-5,8-13H2. The first-order valence-electron chi connectivity index (χ1n) is 10.7. The maximum absolute atomic E-state index is 5.32. The van der Waals surface area contributed by atoms with E-state index in [0.717, 1.165) is 17.8 Å². The van der Waals surface area contributed by atoms with Crippen molar-refractivity contribution in [3.05, 3.63) is 35.2 Å². The maximum atomic E-state index is 5.32. The molecule has 2 heterocycles. The molecule has 5 aliphatic rings. The Morgan fingerprint density at radius 2 is 1.65 bits per heavy atom. The number of rotatable bonds is 3. The highest BCUT2D eigenvalue weighted by Crippen LogP contribution is 2.57. The Balaban J connectivity index is 1.36. The predicted octanol–water partition coefficient (Wildman–Crippen LogP) is 5.28. The lowest BCUT2D eigenvalue weighted by atomic mass is 9.53. The van der Waals surface area contributed by atoms with Crippen molar-refractivity contribution in [2.24, 2.45) is 22.7 Å². The van der Waals surface area contributed by atoms with Gasteiger partial charge in [0.1, 0.15) is 0 Å². The van der Waals surface area contributed by atoms with Gasteiger partial charge in [-0.25, -0.2) is 0 Å². The molecule has 0 saturated heterocycles. The zero-order valence-electron chi connectivity index (χ0n) is 15.6. The van der Waals surface area contributed by atoms with E-state index in [0.29, 0.717) is 0 Å². The molecule has 0 amide bonds. The smallest absolute Gasteiger partial charge is 0.0659 e. The van der Waals surface area contributed by atoms with Gasteiger partial charge in [-0.1, -0.05) is 0 Å². The molecular weight excluding hydrogens is 318 g/mol. The Hall–Kier alpha value is -1.77. The molecule has 7 rings (SSSR count). The first kappa shape index (κ1) is 15.3. The summed E-state index contributed by atoms with van der Waals surface area (Å²) in [5.74, 6) is 2.89. The lowest BCUT2D eigenvalue weighted by Gasteiger charge is -2.54. The van der Waals surface area contributed by atoms with E-state index in [4.69, 9.17) is 4.99 Å². The van der Waals surface area contributed by atoms with E-state index in [-0.39, 0.29) is 5.54 Å². The molecule has 0 aromatic carbocycles. The van der Waals surface area contributed by atoms with Crippen LogP contribution in [0.25, 0.3) is 11.4 Å². The molecule has 4 fully saturated rings. The molecule has 0 unspecified atom stereocenters. The van der Waals surface area contributed by atoms with Gasteiger partial charge in [-0.3, -0.25) is 4.99 Å². The summed E-state index contributed by atoms with van der Waals surface area (Å²) >= 11 is 0. The van der Waals surface area contributed by atoms with Gasteiger partial charge < -0.3 is 9.97 Å². The number of aromatic nitrogens is 2. The van der Waals surface area contributed by atoms with Crippen LogP contribution in [0, 0.1) is 17.8 Å². The molecule has 2 aromatic rings. The number of aliphatic imine (C=N–C) groups is 1. The zero-order valence-corrected chi connectivity index (χ0v) is 15.6. The topological polar surface area (TPSA) is 43.9 Å². The summed E-state index contributed by atoms with van der Waals surface area (Å²) in [5, 5.41) is 0. The Labute approximate surface area is 155 Å². The monoisotopic (exact) mass is 347 g/mol. The van der Waals surface area contributed by atoms with Crippen LogP contribution in [0.15, 0.2) is 23.3 Å². The van der Waals surface area contributed by atoms with Crippen molar-refractivity contribution in [2.75, 3.05) is 0 Å². The number of fused-ring (bicyclic) bond motifs is 1. The summed E-state index contributed by atoms with van der Waals surface area (Å²) in [5.41, 5.74) is 7.16. The lowest BCUT2D eigenvalue weighted by molar-refractivity contribution is 0.00194. The quantitative estimate of drug-likeness (QED) is 0.710. The number of hydrogen-bond donors (Lipinski definition) is 2. The minimum atomic E-state index is 0.272. The number of nitrogens with zero attached hydrogens (tertiary/aromatic N) is 1. The third-order valence-electron chi connectivity index (χ3n) is 7.70. The second-order valence-electron chi connectivity index (χ2n) is 9.56. The van der Waals surface area contributed by atoms with Crippen LogP contribution in [0.5, 0.6) is 0 Å². The zero-order chi connectivity index (χ0) is 17.1. The van der Waals surface area contributed by atoms with E-state index in [2.05, 4.69) is 28.3 Å². The van der Waals surface area contributed by atoms with E-state index < -0.39 is 0 Å². The van der Waals surface area contributed by atoms with Crippen molar-refractivity contribution in [1.82, 2.24) is 9.97 Å². The van der Waals surface area contributed by atoms with Crippen LogP contribution in [-0.4, -0.2) is 21.7 Å². The van der Waals surface area contributed by atoms with E-state index in [9.17, 15) is 0 Å². The highest BCUT2D eigenvalue weighted by atomic mass is 14.9. The SMILES string of the molecule is C(=NC12CC3CC(CC(C3)C1)C2)c1[nH]c(-c2ccc[nH]2)c2c1CCCC2. The van der Waals surface area contributed by atoms with Crippen molar-refractivity contribution in [3.63, 3.8) is 0 Å². The van der Waals surface area contributed by atoms with Gasteiger partial charge in [0, 0.05) is 12.4 Å². The van der Waals surface area contributed by atoms with Crippen molar-refractivity contribution in [2.45, 2.75) is 69.7 Å². The van der Waals surface area contributed by atoms with Crippen LogP contribution >= 0.6 is 0 Å². The Morgan fingerprint density at radius 3 is 2.31 bits per heavy atom. The van der Waals surface area contributed by atoms with Crippen molar-refractivity contribution >= 4 is 6.21 Å². The molecule has 2 aromatic heterocycles. The number of H-pyrrole nitrogens is 2. The Kier molecular flexibility index (Phi) is 3.30. The largest absolute Gasteiger partial charge is 0.360 e. The van der Waals surface area contributed by atoms with Crippen LogP contribution < -0.4 is 0 Å². The van der Waals surface area contributed by atoms with E-state index >= 15 is 0 Å². The summed E-state index contributed by atoms with van der Waals surface area (Å²) in [4.78, 5) is 12.5. The van der Waals surface area contributed by atoms with E-state index in [1.807, 2.05) is 6.20 Å². The molecule has 0 spiro atoms. The molecular formula is C23H29N3. The third kappa shape index (κ3) is 2.35. The molecule has 4 saturated carbocycles. The normalized spacial score (nSPS) is 35.3. The predicted molar refractivity (Wildman–Crippen MR) is 106 cm³/mol. The van der Waals surface area contributed by atoms with E-state index in [1.54, 1.807) is 0 Å². The molecule has 0 atom stereocenters. The molecule has 2 N–H and O–H groups in total. The fraction of sp³-hybridized carbons (Fsp3) is 0.609. The van der Waals surface area contributed by atoms with Crippen LogP contribution in [-0.2, 0) is 12.8 Å². The van der Waals surface area contributed by atoms with Gasteiger partial charge >= 0.3 is 0 Å². The molecule has 3 heteroatoms. The summed E-state index contributed by atoms with van der Waals surface area (Å²) < 4.78 is 0. The average Bonchev–Trinajstić information content (AvgIpc) is 3.27. The van der Waals surface area contributed by atoms with Gasteiger partial charge in [0.25, 0.3) is 0 Å². The van der Waals surface area contributed by atoms with E-state index in [1.165, 1.54) is 92.4 Å². The number of nitrogens with one attached hydrogen (secondary N) is 2. The van der Waals surface area contributed by atoms with Gasteiger partial charge in [-0.2, -0.15) is 0 Å². The van der Waals surface area contributed by atoms with Crippen LogP contribution in [0.2, 0.25) is 0 Å². The minimum absolute atomic E-state index is 0.272. The second kappa shape index (κ2) is 5.61. The molecule has 0 radical (unpaired) electrons. The van der Waals surface area contributed by atoms with Crippen molar-refractivity contribution < 1.29 is 0 Å². The third-order valence-corrected chi connectivity index (χ3v) is 7.70. The summed E-state index contributed by atoms with van der Waals surface area (Å²) in [6, 6.07) is 4.27. The fourth-order valence-corrected chi connectivity index (χ4v) is 7.01. The molecule has 26 heavy (non-hydrogen) atoms. The maximum Gasteiger partial charge on any atom is 0.0659 e.